The minimum absolute atomic E-state index is 0.0303. The number of aryl methyl sites for hydroxylation is 2. The number of carboxylic acids is 2. The van der Waals surface area contributed by atoms with E-state index in [9.17, 15) is 40.0 Å². The van der Waals surface area contributed by atoms with Crippen molar-refractivity contribution in [3.8, 4) is 11.4 Å². The molecule has 0 aliphatic rings. The molecular weight excluding hydrogens is 891 g/mol. The van der Waals surface area contributed by atoms with Gasteiger partial charge in [0.1, 0.15) is 28.6 Å². The molecular formula is C43H46F2N8O10S2. The molecule has 0 saturated heterocycles. The Balaban J connectivity index is 0.000000249. The lowest BCUT2D eigenvalue weighted by Crippen LogP contribution is -2.33. The maximum Gasteiger partial charge on any atom is 0.410 e. The summed E-state index contributed by atoms with van der Waals surface area (Å²) in [5.41, 5.74) is 1.46. The standard InChI is InChI=1S/C22H25FN4O4S.C17H17FN4O2S.C4H4O4/c1-15-10-11-17(13-24-15)32(29,30)20-12-16(14-26(5)21(28)31-22(2,3)4)25-27(20)19-9-7-6-8-18(19)23;1-12-7-8-14(11-20-12)25(23,24)17-9-13(10-19-2)21-22(17)16-6-4-3-5-15(16)18;5-3(6)1-2-4(7)8/h6-13H,14H2,1-5H3;3-9,11,19H,10H2,1-2H3;1-2H,(H,5,6)(H,7,8)/b;;2-1+. The highest BCUT2D eigenvalue weighted by atomic mass is 32.2. The quantitative estimate of drug-likeness (QED) is 0.121. The van der Waals surface area contributed by atoms with Gasteiger partial charge in [0.2, 0.25) is 19.7 Å². The molecule has 1 amide bonds. The van der Waals surface area contributed by atoms with Gasteiger partial charge in [-0.05, 0) is 90.2 Å². The van der Waals surface area contributed by atoms with E-state index >= 15 is 0 Å². The SMILES string of the molecule is CNCc1cc(S(=O)(=O)c2ccc(C)nc2)n(-c2ccccc2F)n1.Cc1ccc(S(=O)(=O)c2cc(CN(C)C(=O)OC(C)(C)C)nn2-c2ccccc2F)cn1.O=C(O)/C=C/C(=O)O. The summed E-state index contributed by atoms with van der Waals surface area (Å²) in [5.74, 6) is -3.71. The Morgan fingerprint density at radius 3 is 1.51 bits per heavy atom. The first-order chi connectivity index (χ1) is 30.4. The number of rotatable bonds is 12. The number of sulfone groups is 2. The van der Waals surface area contributed by atoms with Gasteiger partial charge in [-0.15, -0.1) is 0 Å². The molecule has 0 spiro atoms. The second kappa shape index (κ2) is 21.5. The van der Waals surface area contributed by atoms with Crippen LogP contribution in [-0.4, -0.2) is 99.2 Å². The molecule has 0 radical (unpaired) electrons. The molecule has 2 aromatic carbocycles. The van der Waals surface area contributed by atoms with Gasteiger partial charge in [0.25, 0.3) is 0 Å². The van der Waals surface area contributed by atoms with E-state index in [1.54, 1.807) is 65.9 Å². The zero-order chi connectivity index (χ0) is 48.3. The summed E-state index contributed by atoms with van der Waals surface area (Å²) in [6.07, 6.45) is 3.06. The minimum Gasteiger partial charge on any atom is -0.478 e. The number of nitrogens with one attached hydrogen (secondary N) is 1. The second-order valence-corrected chi connectivity index (χ2v) is 18.6. The summed E-state index contributed by atoms with van der Waals surface area (Å²) >= 11 is 0. The van der Waals surface area contributed by atoms with Crippen molar-refractivity contribution < 1.29 is 54.9 Å². The van der Waals surface area contributed by atoms with Crippen LogP contribution in [0.15, 0.2) is 129 Å². The normalized spacial score (nSPS) is 11.5. The van der Waals surface area contributed by atoms with Crippen molar-refractivity contribution in [3.63, 3.8) is 0 Å². The lowest BCUT2D eigenvalue weighted by atomic mass is 10.2. The first-order valence-corrected chi connectivity index (χ1v) is 22.2. The minimum atomic E-state index is -4.08. The van der Waals surface area contributed by atoms with Gasteiger partial charge in [0, 0.05) is 61.7 Å². The third-order valence-corrected chi connectivity index (χ3v) is 11.8. The maximum absolute atomic E-state index is 14.5. The smallest absolute Gasteiger partial charge is 0.410 e. The van der Waals surface area contributed by atoms with Crippen LogP contribution >= 0.6 is 0 Å². The van der Waals surface area contributed by atoms with Crippen molar-refractivity contribution in [2.24, 2.45) is 0 Å². The number of para-hydroxylation sites is 2. The molecule has 0 saturated carbocycles. The van der Waals surface area contributed by atoms with Crippen LogP contribution in [0.2, 0.25) is 0 Å². The Hall–Kier alpha value is -7.17. The molecule has 344 valence electrons. The first-order valence-electron chi connectivity index (χ1n) is 19.2. The number of aromatic nitrogens is 6. The largest absolute Gasteiger partial charge is 0.478 e. The zero-order valence-electron chi connectivity index (χ0n) is 36.2. The lowest BCUT2D eigenvalue weighted by Gasteiger charge is -2.24. The highest BCUT2D eigenvalue weighted by molar-refractivity contribution is 7.91. The fourth-order valence-electron chi connectivity index (χ4n) is 5.40. The maximum atomic E-state index is 14.5. The Morgan fingerprint density at radius 2 is 1.14 bits per heavy atom. The highest BCUT2D eigenvalue weighted by Gasteiger charge is 2.29. The van der Waals surface area contributed by atoms with Crippen molar-refractivity contribution in [3.05, 3.63) is 144 Å². The molecule has 0 atom stereocenters. The molecule has 3 N–H and O–H groups in total. The van der Waals surface area contributed by atoms with E-state index in [0.717, 1.165) is 9.36 Å². The molecule has 0 fully saturated rings. The summed E-state index contributed by atoms with van der Waals surface area (Å²) in [7, 11) is -4.75. The lowest BCUT2D eigenvalue weighted by molar-refractivity contribution is -0.134. The van der Waals surface area contributed by atoms with Crippen LogP contribution in [0.1, 0.15) is 43.5 Å². The van der Waals surface area contributed by atoms with Crippen LogP contribution in [0.4, 0.5) is 13.6 Å². The number of benzene rings is 2. The van der Waals surface area contributed by atoms with Gasteiger partial charge >= 0.3 is 18.0 Å². The summed E-state index contributed by atoms with van der Waals surface area (Å²) in [5, 5.41) is 26.8. The van der Waals surface area contributed by atoms with Crippen molar-refractivity contribution >= 4 is 37.7 Å². The fourth-order valence-corrected chi connectivity index (χ4v) is 8.07. The molecule has 4 aromatic heterocycles. The average molecular weight is 937 g/mol. The summed E-state index contributed by atoms with van der Waals surface area (Å²) in [6.45, 7) is 9.06. The van der Waals surface area contributed by atoms with Crippen molar-refractivity contribution in [2.75, 3.05) is 14.1 Å². The molecule has 65 heavy (non-hydrogen) atoms. The van der Waals surface area contributed by atoms with Gasteiger partial charge in [0.15, 0.2) is 10.1 Å². The Bertz CT molecular complexity index is 2880. The number of carbonyl (C=O) groups excluding carboxylic acids is 1. The molecule has 0 aliphatic heterocycles. The number of nitrogens with zero attached hydrogens (tertiary/aromatic N) is 7. The first kappa shape index (κ1) is 50.5. The van der Waals surface area contributed by atoms with E-state index in [2.05, 4.69) is 25.5 Å². The average Bonchev–Trinajstić information content (AvgIpc) is 3.86. The van der Waals surface area contributed by atoms with Gasteiger partial charge in [0.05, 0.1) is 27.7 Å². The molecule has 6 aromatic rings. The number of carboxylic acid groups (broad SMARTS) is 2. The molecule has 6 rings (SSSR count). The predicted molar refractivity (Wildman–Crippen MR) is 231 cm³/mol. The van der Waals surface area contributed by atoms with Gasteiger partial charge in [-0.25, -0.2) is 49.4 Å². The number of hydrogen-bond acceptors (Lipinski definition) is 13. The van der Waals surface area contributed by atoms with Gasteiger partial charge in [-0.3, -0.25) is 9.97 Å². The number of aliphatic carboxylic acids is 2. The Kier molecular flexibility index (Phi) is 16.7. The number of hydrogen-bond donors (Lipinski definition) is 3. The van der Waals surface area contributed by atoms with E-state index in [0.29, 0.717) is 35.8 Å². The molecule has 22 heteroatoms. The predicted octanol–water partition coefficient (Wildman–Crippen LogP) is 5.89. The number of carbonyl (C=O) groups is 3. The third-order valence-electron chi connectivity index (χ3n) is 8.39. The number of halogens is 2. The number of amides is 1. The van der Waals surface area contributed by atoms with Gasteiger partial charge in [-0.2, -0.15) is 10.2 Å². The molecule has 0 aliphatic carbocycles. The van der Waals surface area contributed by atoms with Crippen molar-refractivity contribution in [1.29, 1.82) is 0 Å². The molecule has 0 unspecified atom stereocenters. The fraction of sp³-hybridized carbons (Fsp3) is 0.233. The van der Waals surface area contributed by atoms with E-state index in [-0.39, 0.29) is 43.5 Å². The topological polar surface area (TPSA) is 246 Å². The van der Waals surface area contributed by atoms with Crippen LogP contribution in [0.5, 0.6) is 0 Å². The zero-order valence-corrected chi connectivity index (χ0v) is 37.8. The van der Waals surface area contributed by atoms with E-state index in [4.69, 9.17) is 14.9 Å². The van der Waals surface area contributed by atoms with Crippen LogP contribution < -0.4 is 5.32 Å². The number of ether oxygens (including phenoxy) is 1. The van der Waals surface area contributed by atoms with Gasteiger partial charge in [-0.1, -0.05) is 24.3 Å². The Morgan fingerprint density at radius 1 is 0.723 bits per heavy atom. The second-order valence-electron chi connectivity index (χ2n) is 14.8. The van der Waals surface area contributed by atoms with E-state index in [1.165, 1.54) is 85.0 Å². The van der Waals surface area contributed by atoms with Gasteiger partial charge < -0.3 is 25.2 Å². The third kappa shape index (κ3) is 13.7. The van der Waals surface area contributed by atoms with Crippen LogP contribution in [0, 0.1) is 25.5 Å². The van der Waals surface area contributed by atoms with E-state index < -0.39 is 54.9 Å². The van der Waals surface area contributed by atoms with Crippen LogP contribution in [0.3, 0.4) is 0 Å². The molecule has 0 bridgehead atoms. The highest BCUT2D eigenvalue weighted by Crippen LogP contribution is 2.28. The summed E-state index contributed by atoms with van der Waals surface area (Å²) in [6, 6.07) is 20.5. The van der Waals surface area contributed by atoms with Crippen molar-refractivity contribution in [1.82, 2.24) is 39.7 Å². The monoisotopic (exact) mass is 936 g/mol. The molecule has 18 nitrogen and oxygen atoms in total. The number of pyridine rings is 2. The summed E-state index contributed by atoms with van der Waals surface area (Å²) < 4.78 is 89.0. The van der Waals surface area contributed by atoms with Crippen LogP contribution in [0.25, 0.3) is 11.4 Å². The molecule has 4 heterocycles. The van der Waals surface area contributed by atoms with E-state index in [1.807, 2.05) is 0 Å². The van der Waals surface area contributed by atoms with Crippen molar-refractivity contribution in [2.45, 2.75) is 73.2 Å². The summed E-state index contributed by atoms with van der Waals surface area (Å²) in [4.78, 5) is 40.8. The van der Waals surface area contributed by atoms with Crippen LogP contribution in [-0.2, 0) is 47.1 Å². The Labute approximate surface area is 373 Å².